The molecule has 7 heteroatoms. The predicted octanol–water partition coefficient (Wildman–Crippen LogP) is 2.65. The summed E-state index contributed by atoms with van der Waals surface area (Å²) in [7, 11) is 0. The van der Waals surface area contributed by atoms with Crippen LogP contribution in [0.3, 0.4) is 0 Å². The van der Waals surface area contributed by atoms with E-state index in [2.05, 4.69) is 22.3 Å². The Morgan fingerprint density at radius 1 is 0.969 bits per heavy atom. The number of amides is 3. The van der Waals surface area contributed by atoms with Gasteiger partial charge in [0, 0.05) is 32.1 Å². The molecular weight excluding hydrogens is 406 g/mol. The monoisotopic (exact) mass is 435 g/mol. The molecule has 3 fully saturated rings. The predicted molar refractivity (Wildman–Crippen MR) is 118 cm³/mol. The minimum absolute atomic E-state index is 0.0281. The lowest BCUT2D eigenvalue weighted by Gasteiger charge is -2.39. The van der Waals surface area contributed by atoms with E-state index >= 15 is 0 Å². The number of furan rings is 1. The zero-order valence-electron chi connectivity index (χ0n) is 18.2. The fourth-order valence-electron chi connectivity index (χ4n) is 5.30. The Bertz CT molecular complexity index is 980. The van der Waals surface area contributed by atoms with Crippen molar-refractivity contribution in [3.05, 3.63) is 60.1 Å². The van der Waals surface area contributed by atoms with Gasteiger partial charge in [0.25, 0.3) is 5.91 Å². The van der Waals surface area contributed by atoms with E-state index in [0.717, 1.165) is 38.8 Å². The van der Waals surface area contributed by atoms with Gasteiger partial charge in [0.15, 0.2) is 5.76 Å². The summed E-state index contributed by atoms with van der Waals surface area (Å²) >= 11 is 0. The number of nitrogens with zero attached hydrogens (tertiary/aromatic N) is 2. The van der Waals surface area contributed by atoms with Crippen LogP contribution in [0.5, 0.6) is 0 Å². The van der Waals surface area contributed by atoms with Gasteiger partial charge in [0.05, 0.1) is 12.8 Å². The van der Waals surface area contributed by atoms with E-state index in [0.29, 0.717) is 24.9 Å². The summed E-state index contributed by atoms with van der Waals surface area (Å²) < 4.78 is 5.05. The highest BCUT2D eigenvalue weighted by Gasteiger charge is 2.49. The minimum atomic E-state index is -0.379. The second kappa shape index (κ2) is 8.45. The Balaban J connectivity index is 1.09. The zero-order valence-corrected chi connectivity index (χ0v) is 18.2. The number of carbonyl (C=O) groups is 3. The number of hydrogen-bond acceptors (Lipinski definition) is 4. The van der Waals surface area contributed by atoms with Crippen LogP contribution in [0.15, 0.2) is 53.1 Å². The van der Waals surface area contributed by atoms with Crippen molar-refractivity contribution in [2.75, 3.05) is 32.7 Å². The Kier molecular flexibility index (Phi) is 5.49. The van der Waals surface area contributed by atoms with Gasteiger partial charge in [-0.25, -0.2) is 0 Å². The topological polar surface area (TPSA) is 82.9 Å². The molecule has 168 valence electrons. The lowest BCUT2D eigenvalue weighted by atomic mass is 9.78. The van der Waals surface area contributed by atoms with E-state index in [1.807, 2.05) is 23.1 Å². The molecule has 1 aliphatic carbocycles. The highest BCUT2D eigenvalue weighted by molar-refractivity contribution is 5.94. The van der Waals surface area contributed by atoms with E-state index in [4.69, 9.17) is 4.42 Å². The second-order valence-electron chi connectivity index (χ2n) is 9.41. The Hall–Kier alpha value is -3.09. The molecular formula is C25H29N3O4. The Morgan fingerprint density at radius 3 is 2.38 bits per heavy atom. The maximum atomic E-state index is 13.0. The first-order chi connectivity index (χ1) is 15.5. The lowest BCUT2D eigenvalue weighted by Crippen LogP contribution is -2.47. The number of nitrogens with one attached hydrogen (secondary N) is 1. The molecule has 0 unspecified atom stereocenters. The highest BCUT2D eigenvalue weighted by atomic mass is 16.3. The lowest BCUT2D eigenvalue weighted by molar-refractivity contribution is -0.134. The van der Waals surface area contributed by atoms with E-state index < -0.39 is 0 Å². The molecule has 2 aromatic rings. The fourth-order valence-corrected chi connectivity index (χ4v) is 5.30. The van der Waals surface area contributed by atoms with Crippen LogP contribution in [0.1, 0.15) is 47.7 Å². The molecule has 5 rings (SSSR count). The molecule has 1 aromatic heterocycles. The van der Waals surface area contributed by atoms with Crippen molar-refractivity contribution < 1.29 is 18.8 Å². The highest BCUT2D eigenvalue weighted by Crippen LogP contribution is 2.50. The maximum Gasteiger partial charge on any atom is 0.287 e. The third-order valence-corrected chi connectivity index (χ3v) is 7.41. The van der Waals surface area contributed by atoms with E-state index in [9.17, 15) is 14.4 Å². The van der Waals surface area contributed by atoms with Crippen molar-refractivity contribution in [3.8, 4) is 0 Å². The van der Waals surface area contributed by atoms with E-state index in [-0.39, 0.29) is 35.5 Å². The van der Waals surface area contributed by atoms with Gasteiger partial charge in [0.1, 0.15) is 0 Å². The van der Waals surface area contributed by atoms with Gasteiger partial charge in [-0.3, -0.25) is 14.4 Å². The molecule has 2 aliphatic heterocycles. The maximum absolute atomic E-state index is 13.0. The van der Waals surface area contributed by atoms with E-state index in [1.165, 1.54) is 11.8 Å². The second-order valence-corrected chi connectivity index (χ2v) is 9.41. The van der Waals surface area contributed by atoms with Crippen molar-refractivity contribution in [1.82, 2.24) is 15.1 Å². The molecule has 2 atom stereocenters. The Labute approximate surface area is 187 Å². The van der Waals surface area contributed by atoms with Gasteiger partial charge < -0.3 is 19.5 Å². The zero-order chi connectivity index (χ0) is 22.1. The van der Waals surface area contributed by atoms with Crippen molar-refractivity contribution in [3.63, 3.8) is 0 Å². The molecule has 1 saturated carbocycles. The molecule has 3 heterocycles. The summed E-state index contributed by atoms with van der Waals surface area (Å²) in [6, 6.07) is 13.5. The molecule has 2 saturated heterocycles. The van der Waals surface area contributed by atoms with Crippen molar-refractivity contribution in [2.45, 2.75) is 31.6 Å². The molecule has 1 N–H and O–H groups in total. The van der Waals surface area contributed by atoms with Crippen LogP contribution in [0, 0.1) is 11.3 Å². The smallest absolute Gasteiger partial charge is 0.287 e. The quantitative estimate of drug-likeness (QED) is 0.783. The molecule has 1 spiro atoms. The standard InChI is InChI=1S/C25H29N3O4/c29-22(16-26-23(30)21-7-4-14-32-21)27-11-8-25(9-12-27)10-13-28(17-25)24(31)20-15-19(20)18-5-2-1-3-6-18/h1-7,14,19-20H,8-13,15-17H2,(H,26,30)/t19-,20+/m0/s1. The van der Waals surface area contributed by atoms with Crippen LogP contribution in [0.25, 0.3) is 0 Å². The summed E-state index contributed by atoms with van der Waals surface area (Å²) in [6.45, 7) is 2.95. The first-order valence-corrected chi connectivity index (χ1v) is 11.5. The first-order valence-electron chi connectivity index (χ1n) is 11.5. The SMILES string of the molecule is O=C(NCC(=O)N1CCC2(CC1)CCN(C(=O)[C@@H]1C[C@H]1c1ccccc1)C2)c1ccco1. The Morgan fingerprint density at radius 2 is 1.69 bits per heavy atom. The van der Waals surface area contributed by atoms with Gasteiger partial charge in [0.2, 0.25) is 11.8 Å². The molecule has 7 nitrogen and oxygen atoms in total. The average Bonchev–Trinajstić information content (AvgIpc) is 3.22. The van der Waals surface area contributed by atoms with Crippen molar-refractivity contribution in [2.24, 2.45) is 11.3 Å². The van der Waals surface area contributed by atoms with Gasteiger partial charge in [-0.2, -0.15) is 0 Å². The largest absolute Gasteiger partial charge is 0.459 e. The van der Waals surface area contributed by atoms with Crippen LogP contribution >= 0.6 is 0 Å². The van der Waals surface area contributed by atoms with Gasteiger partial charge in [-0.1, -0.05) is 30.3 Å². The van der Waals surface area contributed by atoms with E-state index in [1.54, 1.807) is 12.1 Å². The normalized spacial score (nSPS) is 23.9. The van der Waals surface area contributed by atoms with Gasteiger partial charge >= 0.3 is 0 Å². The average molecular weight is 436 g/mol. The summed E-state index contributed by atoms with van der Waals surface area (Å²) in [5.41, 5.74) is 1.40. The van der Waals surface area contributed by atoms with Gasteiger partial charge in [-0.05, 0) is 54.7 Å². The molecule has 0 bridgehead atoms. The molecule has 0 radical (unpaired) electrons. The minimum Gasteiger partial charge on any atom is -0.459 e. The summed E-state index contributed by atoms with van der Waals surface area (Å²) in [5.74, 6) is 0.555. The first kappa shape index (κ1) is 20.8. The van der Waals surface area contributed by atoms with Crippen molar-refractivity contribution in [1.29, 1.82) is 0 Å². The number of hydrogen-bond donors (Lipinski definition) is 1. The fraction of sp³-hybridized carbons (Fsp3) is 0.480. The number of piperidine rings is 1. The van der Waals surface area contributed by atoms with Crippen LogP contribution in [-0.4, -0.2) is 60.2 Å². The summed E-state index contributed by atoms with van der Waals surface area (Å²) in [6.07, 6.45) is 5.21. The number of carbonyl (C=O) groups excluding carboxylic acids is 3. The molecule has 32 heavy (non-hydrogen) atoms. The molecule has 3 amide bonds. The summed E-state index contributed by atoms with van der Waals surface area (Å²) in [5, 5.41) is 2.63. The van der Waals surface area contributed by atoms with Crippen LogP contribution in [0.2, 0.25) is 0 Å². The van der Waals surface area contributed by atoms with Crippen LogP contribution in [0.4, 0.5) is 0 Å². The van der Waals surface area contributed by atoms with Crippen LogP contribution < -0.4 is 5.32 Å². The number of likely N-dealkylation sites (tertiary alicyclic amines) is 2. The number of rotatable bonds is 5. The molecule has 3 aliphatic rings. The third kappa shape index (κ3) is 4.16. The van der Waals surface area contributed by atoms with Crippen molar-refractivity contribution >= 4 is 17.7 Å². The van der Waals surface area contributed by atoms with Gasteiger partial charge in [-0.15, -0.1) is 0 Å². The molecule has 1 aromatic carbocycles. The van der Waals surface area contributed by atoms with Crippen LogP contribution in [-0.2, 0) is 9.59 Å². The summed E-state index contributed by atoms with van der Waals surface area (Å²) in [4.78, 5) is 41.4. The number of benzene rings is 1. The third-order valence-electron chi connectivity index (χ3n) is 7.41.